The Labute approximate surface area is 128 Å². The van der Waals surface area contributed by atoms with E-state index in [0.717, 1.165) is 42.4 Å². The lowest BCUT2D eigenvalue weighted by Gasteiger charge is -2.22. The van der Waals surface area contributed by atoms with Crippen LogP contribution in [0.5, 0.6) is 0 Å². The zero-order chi connectivity index (χ0) is 14.1. The standard InChI is InChI=1S/C14H20BrN5/c1-9(2)7-20-8-18-11-4-3-10(12(15)13(11)20)19-14-16-5-6-17-14/h3-4,9,18H,5-8H2,1-2H3,(H2,16,17,19). The summed E-state index contributed by atoms with van der Waals surface area (Å²) in [5.74, 6) is 1.49. The van der Waals surface area contributed by atoms with Gasteiger partial charge < -0.3 is 20.9 Å². The predicted molar refractivity (Wildman–Crippen MR) is 88.7 cm³/mol. The van der Waals surface area contributed by atoms with E-state index in [1.54, 1.807) is 0 Å². The number of guanidine groups is 1. The van der Waals surface area contributed by atoms with Crippen LogP contribution in [0.2, 0.25) is 0 Å². The summed E-state index contributed by atoms with van der Waals surface area (Å²) in [7, 11) is 0. The molecule has 0 bridgehead atoms. The third-order valence-corrected chi connectivity index (χ3v) is 4.21. The Kier molecular flexibility index (Phi) is 3.74. The van der Waals surface area contributed by atoms with Gasteiger partial charge in [0.1, 0.15) is 0 Å². The van der Waals surface area contributed by atoms with Crippen molar-refractivity contribution < 1.29 is 0 Å². The maximum Gasteiger partial charge on any atom is 0.195 e. The van der Waals surface area contributed by atoms with E-state index in [2.05, 4.69) is 67.8 Å². The third kappa shape index (κ3) is 2.57. The second kappa shape index (κ2) is 5.52. The van der Waals surface area contributed by atoms with Crippen molar-refractivity contribution in [3.8, 4) is 0 Å². The van der Waals surface area contributed by atoms with E-state index in [-0.39, 0.29) is 0 Å². The van der Waals surface area contributed by atoms with Gasteiger partial charge in [-0.2, -0.15) is 0 Å². The van der Waals surface area contributed by atoms with Crippen LogP contribution in [0.3, 0.4) is 0 Å². The minimum atomic E-state index is 0.632. The number of hydrogen-bond donors (Lipinski definition) is 3. The number of anilines is 3. The molecular weight excluding hydrogens is 318 g/mol. The van der Waals surface area contributed by atoms with E-state index in [4.69, 9.17) is 0 Å². The lowest BCUT2D eigenvalue weighted by Crippen LogP contribution is -2.28. The van der Waals surface area contributed by atoms with E-state index in [1.165, 1.54) is 11.4 Å². The SMILES string of the molecule is CC(C)CN1CNc2ccc(NC3=NCCN3)c(Br)c21. The van der Waals surface area contributed by atoms with Crippen molar-refractivity contribution in [1.29, 1.82) is 0 Å². The molecule has 0 spiro atoms. The first-order chi connectivity index (χ1) is 9.65. The summed E-state index contributed by atoms with van der Waals surface area (Å²) in [4.78, 5) is 6.75. The molecule has 2 aliphatic rings. The molecule has 0 radical (unpaired) electrons. The van der Waals surface area contributed by atoms with Crippen molar-refractivity contribution in [1.82, 2.24) is 5.32 Å². The Bertz CT molecular complexity index is 541. The fraction of sp³-hybridized carbons (Fsp3) is 0.500. The van der Waals surface area contributed by atoms with E-state index in [0.29, 0.717) is 5.92 Å². The smallest absolute Gasteiger partial charge is 0.195 e. The van der Waals surface area contributed by atoms with Crippen LogP contribution in [-0.2, 0) is 0 Å². The molecule has 0 aromatic heterocycles. The summed E-state index contributed by atoms with van der Waals surface area (Å²) in [5, 5.41) is 10.0. The third-order valence-electron chi connectivity index (χ3n) is 3.41. The lowest BCUT2D eigenvalue weighted by atomic mass is 10.2. The average molecular weight is 338 g/mol. The van der Waals surface area contributed by atoms with Gasteiger partial charge in [0.15, 0.2) is 5.96 Å². The quantitative estimate of drug-likeness (QED) is 0.793. The van der Waals surface area contributed by atoms with Crippen LogP contribution >= 0.6 is 15.9 Å². The van der Waals surface area contributed by atoms with Crippen LogP contribution in [0, 0.1) is 5.92 Å². The van der Waals surface area contributed by atoms with Gasteiger partial charge in [0.25, 0.3) is 0 Å². The first-order valence-corrected chi connectivity index (χ1v) is 7.81. The maximum absolute atomic E-state index is 4.38. The molecule has 2 aliphatic heterocycles. The molecule has 0 aliphatic carbocycles. The summed E-state index contributed by atoms with van der Waals surface area (Å²) in [5.41, 5.74) is 3.47. The van der Waals surface area contributed by atoms with Crippen LogP contribution < -0.4 is 20.9 Å². The molecule has 0 saturated heterocycles. The topological polar surface area (TPSA) is 51.7 Å². The molecule has 0 saturated carbocycles. The van der Waals surface area contributed by atoms with Gasteiger partial charge in [-0.05, 0) is 34.0 Å². The highest BCUT2D eigenvalue weighted by Crippen LogP contribution is 2.42. The molecule has 5 nitrogen and oxygen atoms in total. The Morgan fingerprint density at radius 3 is 2.95 bits per heavy atom. The Morgan fingerprint density at radius 2 is 2.25 bits per heavy atom. The first-order valence-electron chi connectivity index (χ1n) is 7.02. The highest BCUT2D eigenvalue weighted by atomic mass is 79.9. The van der Waals surface area contributed by atoms with Gasteiger partial charge in [-0.1, -0.05) is 13.8 Å². The molecule has 6 heteroatoms. The molecule has 3 N–H and O–H groups in total. The molecule has 108 valence electrons. The van der Waals surface area contributed by atoms with Crippen molar-refractivity contribution in [3.05, 3.63) is 16.6 Å². The zero-order valence-corrected chi connectivity index (χ0v) is 13.4. The van der Waals surface area contributed by atoms with Crippen molar-refractivity contribution in [2.75, 3.05) is 41.8 Å². The minimum absolute atomic E-state index is 0.632. The van der Waals surface area contributed by atoms with Gasteiger partial charge in [0.05, 0.1) is 34.7 Å². The van der Waals surface area contributed by atoms with Gasteiger partial charge in [0, 0.05) is 13.1 Å². The van der Waals surface area contributed by atoms with E-state index >= 15 is 0 Å². The zero-order valence-electron chi connectivity index (χ0n) is 11.8. The Balaban J connectivity index is 1.87. The number of rotatable bonds is 3. The summed E-state index contributed by atoms with van der Waals surface area (Å²) < 4.78 is 1.09. The van der Waals surface area contributed by atoms with Crippen molar-refractivity contribution in [3.63, 3.8) is 0 Å². The predicted octanol–water partition coefficient (Wildman–Crippen LogP) is 2.67. The largest absolute Gasteiger partial charge is 0.366 e. The molecule has 0 fully saturated rings. The van der Waals surface area contributed by atoms with Gasteiger partial charge >= 0.3 is 0 Å². The van der Waals surface area contributed by atoms with Crippen molar-refractivity contribution in [2.45, 2.75) is 13.8 Å². The molecule has 2 heterocycles. The highest BCUT2D eigenvalue weighted by Gasteiger charge is 2.24. The van der Waals surface area contributed by atoms with Crippen LogP contribution in [-0.4, -0.2) is 32.3 Å². The molecule has 0 amide bonds. The summed E-state index contributed by atoms with van der Waals surface area (Å²) in [6.07, 6.45) is 0. The van der Waals surface area contributed by atoms with Gasteiger partial charge in [0.2, 0.25) is 0 Å². The van der Waals surface area contributed by atoms with Crippen molar-refractivity contribution in [2.24, 2.45) is 10.9 Å². The molecule has 0 atom stereocenters. The molecule has 3 rings (SSSR count). The van der Waals surface area contributed by atoms with Gasteiger partial charge in [-0.25, -0.2) is 0 Å². The molecule has 1 aromatic rings. The fourth-order valence-corrected chi connectivity index (χ4v) is 3.27. The van der Waals surface area contributed by atoms with E-state index < -0.39 is 0 Å². The van der Waals surface area contributed by atoms with Gasteiger partial charge in [-0.15, -0.1) is 0 Å². The monoisotopic (exact) mass is 337 g/mol. The molecule has 0 unspecified atom stereocenters. The van der Waals surface area contributed by atoms with E-state index in [1.807, 2.05) is 0 Å². The van der Waals surface area contributed by atoms with Crippen LogP contribution in [0.1, 0.15) is 13.8 Å². The number of halogens is 1. The van der Waals surface area contributed by atoms with E-state index in [9.17, 15) is 0 Å². The number of benzene rings is 1. The summed E-state index contributed by atoms with van der Waals surface area (Å²) in [6, 6.07) is 4.20. The van der Waals surface area contributed by atoms with Crippen LogP contribution in [0.4, 0.5) is 17.1 Å². The van der Waals surface area contributed by atoms with Crippen LogP contribution in [0.15, 0.2) is 21.6 Å². The highest BCUT2D eigenvalue weighted by molar-refractivity contribution is 9.10. The fourth-order valence-electron chi connectivity index (χ4n) is 2.58. The van der Waals surface area contributed by atoms with Crippen LogP contribution in [0.25, 0.3) is 0 Å². The number of hydrogen-bond acceptors (Lipinski definition) is 5. The number of aliphatic imine (C=N–C) groups is 1. The Hall–Kier alpha value is -1.43. The second-order valence-electron chi connectivity index (χ2n) is 5.56. The Morgan fingerprint density at radius 1 is 1.40 bits per heavy atom. The minimum Gasteiger partial charge on any atom is -0.366 e. The van der Waals surface area contributed by atoms with Gasteiger partial charge in [-0.3, -0.25) is 4.99 Å². The molecule has 1 aromatic carbocycles. The number of nitrogens with one attached hydrogen (secondary N) is 3. The molecule has 20 heavy (non-hydrogen) atoms. The normalized spacial score (nSPS) is 16.8. The lowest BCUT2D eigenvalue weighted by molar-refractivity contribution is 0.627. The average Bonchev–Trinajstić information content (AvgIpc) is 3.02. The van der Waals surface area contributed by atoms with Crippen molar-refractivity contribution >= 4 is 39.0 Å². The second-order valence-corrected chi connectivity index (χ2v) is 6.35. The number of fused-ring (bicyclic) bond motifs is 1. The first kappa shape index (κ1) is 13.5. The summed E-state index contributed by atoms with van der Waals surface area (Å²) in [6.45, 7) is 8.14. The molecular formula is C14H20BrN5. The maximum atomic E-state index is 4.38. The summed E-state index contributed by atoms with van der Waals surface area (Å²) >= 11 is 3.74. The number of nitrogens with zero attached hydrogens (tertiary/aromatic N) is 2.